The van der Waals surface area contributed by atoms with Crippen molar-refractivity contribution in [2.75, 3.05) is 13.2 Å². The Kier molecular flexibility index (Phi) is 8.63. The number of carbonyl (C=O) groups is 3. The summed E-state index contributed by atoms with van der Waals surface area (Å²) in [5.74, 6) is -3.12. The maximum absolute atomic E-state index is 11.6. The van der Waals surface area contributed by atoms with Crippen molar-refractivity contribution in [3.8, 4) is 0 Å². The number of hydrogen-bond acceptors (Lipinski definition) is 8. The van der Waals surface area contributed by atoms with E-state index >= 15 is 0 Å². The highest BCUT2D eigenvalue weighted by Crippen LogP contribution is 2.23. The number of rotatable bonds is 7. The van der Waals surface area contributed by atoms with Crippen LogP contribution in [0.1, 0.15) is 13.8 Å². The number of aliphatic hydroxyl groups is 3. The predicted molar refractivity (Wildman–Crippen MR) is 92.9 cm³/mol. The number of nitrogens with one attached hydrogen (secondary N) is 2. The first-order chi connectivity index (χ1) is 13.1. The zero-order valence-electron chi connectivity index (χ0n) is 15.2. The fraction of sp³-hybridized carbons (Fsp3) is 0.600. The van der Waals surface area contributed by atoms with Crippen molar-refractivity contribution >= 4 is 23.9 Å². The Labute approximate surface area is 159 Å². The largest absolute Gasteiger partial charge is 0.478 e. The molecule has 0 aromatic rings. The van der Waals surface area contributed by atoms with Gasteiger partial charge in [-0.3, -0.25) is 4.79 Å². The van der Waals surface area contributed by atoms with Gasteiger partial charge in [0.15, 0.2) is 0 Å². The molecule has 0 spiro atoms. The molecule has 1 heterocycles. The van der Waals surface area contributed by atoms with E-state index < -0.39 is 66.7 Å². The van der Waals surface area contributed by atoms with Gasteiger partial charge in [-0.25, -0.2) is 9.59 Å². The Bertz CT molecular complexity index is 651. The van der Waals surface area contributed by atoms with Gasteiger partial charge in [-0.05, 0) is 13.0 Å². The number of nitrogens with two attached hydrogens (primary N) is 1. The van der Waals surface area contributed by atoms with Crippen LogP contribution in [0.2, 0.25) is 0 Å². The fourth-order valence-corrected chi connectivity index (χ4v) is 2.46. The van der Waals surface area contributed by atoms with Gasteiger partial charge in [-0.15, -0.1) is 4.99 Å². The average molecular weight is 404 g/mol. The minimum atomic E-state index is -1.77. The molecule has 1 aliphatic rings. The number of nitrogens with zero attached hydrogens (tertiary/aromatic N) is 1. The molecule has 1 aliphatic heterocycles. The number of aliphatic imine (C=N–C) groups is 1. The summed E-state index contributed by atoms with van der Waals surface area (Å²) in [7, 11) is 0. The molecule has 0 bridgehead atoms. The summed E-state index contributed by atoms with van der Waals surface area (Å²) in [6.07, 6.45) is -4.87. The third-order valence-electron chi connectivity index (χ3n) is 3.63. The molecule has 1 rings (SSSR count). The minimum Gasteiger partial charge on any atom is -0.478 e. The number of carboxylic acid groups (broad SMARTS) is 1. The van der Waals surface area contributed by atoms with Gasteiger partial charge in [0.1, 0.15) is 18.3 Å². The monoisotopic (exact) mass is 404 g/mol. The van der Waals surface area contributed by atoms with E-state index in [2.05, 4.69) is 20.4 Å². The molecule has 0 aliphatic carbocycles. The molecule has 0 aromatic carbocycles. The molecule has 2 amide bonds. The number of carboxylic acids is 1. The van der Waals surface area contributed by atoms with Gasteiger partial charge in [-0.2, -0.15) is 0 Å². The van der Waals surface area contributed by atoms with Gasteiger partial charge < -0.3 is 46.3 Å². The van der Waals surface area contributed by atoms with E-state index in [1.165, 1.54) is 0 Å². The number of hydrogen-bond donors (Lipinski definition) is 7. The maximum atomic E-state index is 11.6. The molecule has 13 heteroatoms. The summed E-state index contributed by atoms with van der Waals surface area (Å²) in [5.41, 5.74) is 5.61. The van der Waals surface area contributed by atoms with Gasteiger partial charge in [0.05, 0.1) is 25.3 Å². The van der Waals surface area contributed by atoms with Gasteiger partial charge in [-0.1, -0.05) is 0 Å². The topological polar surface area (TPSA) is 213 Å². The van der Waals surface area contributed by atoms with E-state index in [9.17, 15) is 29.7 Å². The lowest BCUT2D eigenvalue weighted by atomic mass is 9.92. The molecule has 8 N–H and O–H groups in total. The van der Waals surface area contributed by atoms with Crippen LogP contribution in [0.15, 0.2) is 16.8 Å². The summed E-state index contributed by atoms with van der Waals surface area (Å²) in [5, 5.41) is 43.2. The van der Waals surface area contributed by atoms with Crippen LogP contribution in [0.25, 0.3) is 0 Å². The second kappa shape index (κ2) is 10.4. The van der Waals surface area contributed by atoms with Gasteiger partial charge in [0, 0.05) is 6.92 Å². The SMILES string of the molecule is CCOC(=O)/N=C(\N)N[C@H]1C=C(C(=O)O)O[C@@H]([C@H](O)[C@H](O)CO)[C@@H]1NC(C)=O. The summed E-state index contributed by atoms with van der Waals surface area (Å²) < 4.78 is 9.80. The predicted octanol–water partition coefficient (Wildman–Crippen LogP) is -3.00. The zero-order chi connectivity index (χ0) is 21.4. The van der Waals surface area contributed by atoms with E-state index in [0.717, 1.165) is 13.0 Å². The van der Waals surface area contributed by atoms with Crippen molar-refractivity contribution < 1.29 is 44.3 Å². The highest BCUT2D eigenvalue weighted by atomic mass is 16.5. The molecule has 5 atom stereocenters. The standard InChI is InChI=1S/C15H24N4O9/c1-3-27-15(26)19-14(16)18-7-4-9(13(24)25)28-12(10(7)17-6(2)21)11(23)8(22)5-20/h4,7-8,10-12,20,22-23H,3,5H2,1-2H3,(H,17,21)(H,24,25)(H3,16,18,19,26)/t7-,8+,10+,11+,12+/m0/s1. The third-order valence-corrected chi connectivity index (χ3v) is 3.63. The number of amides is 2. The number of aliphatic carboxylic acids is 1. The minimum absolute atomic E-state index is 0.0534. The van der Waals surface area contributed by atoms with Crippen LogP contribution >= 0.6 is 0 Å². The smallest absolute Gasteiger partial charge is 0.436 e. The highest BCUT2D eigenvalue weighted by Gasteiger charge is 2.43. The van der Waals surface area contributed by atoms with Crippen molar-refractivity contribution in [1.82, 2.24) is 10.6 Å². The number of carbonyl (C=O) groups excluding carboxylic acids is 2. The quantitative estimate of drug-likeness (QED) is 0.168. The molecular weight excluding hydrogens is 380 g/mol. The summed E-state index contributed by atoms with van der Waals surface area (Å²) in [4.78, 5) is 37.7. The summed E-state index contributed by atoms with van der Waals surface area (Å²) in [6.45, 7) is 1.93. The molecule has 13 nitrogen and oxygen atoms in total. The molecule has 0 saturated heterocycles. The first-order valence-electron chi connectivity index (χ1n) is 8.24. The van der Waals surface area contributed by atoms with Gasteiger partial charge in [0.2, 0.25) is 17.6 Å². The van der Waals surface area contributed by atoms with E-state index in [4.69, 9.17) is 15.6 Å². The lowest BCUT2D eigenvalue weighted by Gasteiger charge is -2.40. The summed E-state index contributed by atoms with van der Waals surface area (Å²) in [6, 6.07) is -2.25. The van der Waals surface area contributed by atoms with Crippen molar-refractivity contribution in [3.05, 3.63) is 11.8 Å². The number of ether oxygens (including phenoxy) is 2. The van der Waals surface area contributed by atoms with E-state index in [1.54, 1.807) is 6.92 Å². The Balaban J connectivity index is 3.25. The van der Waals surface area contributed by atoms with E-state index in [1.807, 2.05) is 0 Å². The molecule has 158 valence electrons. The van der Waals surface area contributed by atoms with E-state index in [-0.39, 0.29) is 6.61 Å². The van der Waals surface area contributed by atoms with Crippen LogP contribution in [0.5, 0.6) is 0 Å². The van der Waals surface area contributed by atoms with Crippen LogP contribution in [0, 0.1) is 0 Å². The lowest BCUT2D eigenvalue weighted by molar-refractivity contribution is -0.146. The van der Waals surface area contributed by atoms with E-state index in [0.29, 0.717) is 0 Å². The van der Waals surface area contributed by atoms with Crippen molar-refractivity contribution in [1.29, 1.82) is 0 Å². The van der Waals surface area contributed by atoms with Crippen LogP contribution in [-0.4, -0.2) is 88.0 Å². The molecule has 0 saturated carbocycles. The molecule has 0 radical (unpaired) electrons. The van der Waals surface area contributed by atoms with Crippen LogP contribution in [0.4, 0.5) is 4.79 Å². The van der Waals surface area contributed by atoms with Crippen molar-refractivity contribution in [3.63, 3.8) is 0 Å². The average Bonchev–Trinajstić information content (AvgIpc) is 2.61. The third kappa shape index (κ3) is 6.37. The van der Waals surface area contributed by atoms with Crippen molar-refractivity contribution in [2.24, 2.45) is 10.7 Å². The molecule has 0 aromatic heterocycles. The summed E-state index contributed by atoms with van der Waals surface area (Å²) >= 11 is 0. The second-order valence-electron chi connectivity index (χ2n) is 5.75. The van der Waals surface area contributed by atoms with Gasteiger partial charge in [0.25, 0.3) is 0 Å². The van der Waals surface area contributed by atoms with Crippen LogP contribution in [-0.2, 0) is 19.1 Å². The maximum Gasteiger partial charge on any atom is 0.436 e. The van der Waals surface area contributed by atoms with Gasteiger partial charge >= 0.3 is 12.1 Å². The second-order valence-corrected chi connectivity index (χ2v) is 5.75. The number of aliphatic hydroxyl groups excluding tert-OH is 3. The normalized spacial score (nSPS) is 24.2. The molecule has 0 unspecified atom stereocenters. The Morgan fingerprint density at radius 2 is 2.00 bits per heavy atom. The fourth-order valence-electron chi connectivity index (χ4n) is 2.46. The zero-order valence-corrected chi connectivity index (χ0v) is 15.2. The highest BCUT2D eigenvalue weighted by molar-refractivity contribution is 5.90. The first kappa shape index (κ1) is 23.1. The molecular formula is C15H24N4O9. The Morgan fingerprint density at radius 3 is 2.50 bits per heavy atom. The lowest BCUT2D eigenvalue weighted by Crippen LogP contribution is -2.64. The van der Waals surface area contributed by atoms with Crippen LogP contribution in [0.3, 0.4) is 0 Å². The van der Waals surface area contributed by atoms with Crippen molar-refractivity contribution in [2.45, 2.75) is 44.2 Å². The molecule has 0 fully saturated rings. The van der Waals surface area contributed by atoms with Crippen LogP contribution < -0.4 is 16.4 Å². The Morgan fingerprint density at radius 1 is 1.36 bits per heavy atom. The molecule has 28 heavy (non-hydrogen) atoms. The Hall–Kier alpha value is -2.90. The first-order valence-corrected chi connectivity index (χ1v) is 8.24. The number of guanidine groups is 1.